The molecule has 0 atom stereocenters. The summed E-state index contributed by atoms with van der Waals surface area (Å²) in [4.78, 5) is 18.3. The van der Waals surface area contributed by atoms with Gasteiger partial charge in [-0.3, -0.25) is 4.79 Å². The van der Waals surface area contributed by atoms with Gasteiger partial charge in [0.1, 0.15) is 0 Å². The van der Waals surface area contributed by atoms with Crippen LogP contribution in [0.2, 0.25) is 0 Å². The summed E-state index contributed by atoms with van der Waals surface area (Å²) in [6.07, 6.45) is 4.17. The van der Waals surface area contributed by atoms with Crippen LogP contribution in [0, 0.1) is 6.92 Å². The molecule has 0 unspecified atom stereocenters. The SMILES string of the molecule is CCn1ccc(CSc2nc(C)cc(=O)[nH]2)c1. The highest BCUT2D eigenvalue weighted by atomic mass is 32.2. The molecular weight excluding hydrogens is 234 g/mol. The molecule has 0 spiro atoms. The number of hydrogen-bond donors (Lipinski definition) is 1. The summed E-state index contributed by atoms with van der Waals surface area (Å²) in [5.74, 6) is 0.819. The van der Waals surface area contributed by atoms with Crippen LogP contribution in [0.4, 0.5) is 0 Å². The molecule has 0 saturated carbocycles. The third-order valence-electron chi connectivity index (χ3n) is 2.40. The van der Waals surface area contributed by atoms with Crippen molar-refractivity contribution in [3.63, 3.8) is 0 Å². The van der Waals surface area contributed by atoms with Crippen LogP contribution in [0.3, 0.4) is 0 Å². The number of hydrogen-bond acceptors (Lipinski definition) is 3. The second-order valence-corrected chi connectivity index (χ2v) is 4.79. The summed E-state index contributed by atoms with van der Waals surface area (Å²) in [6.45, 7) is 4.91. The van der Waals surface area contributed by atoms with Gasteiger partial charge in [0, 0.05) is 36.5 Å². The van der Waals surface area contributed by atoms with Crippen LogP contribution in [0.5, 0.6) is 0 Å². The van der Waals surface area contributed by atoms with Crippen LogP contribution >= 0.6 is 11.8 Å². The van der Waals surface area contributed by atoms with E-state index in [9.17, 15) is 4.79 Å². The van der Waals surface area contributed by atoms with Crippen LogP contribution in [0.15, 0.2) is 34.5 Å². The highest BCUT2D eigenvalue weighted by Gasteiger charge is 2.01. The molecule has 0 bridgehead atoms. The van der Waals surface area contributed by atoms with E-state index in [-0.39, 0.29) is 5.56 Å². The van der Waals surface area contributed by atoms with Gasteiger partial charge in [-0.05, 0) is 25.5 Å². The summed E-state index contributed by atoms with van der Waals surface area (Å²) in [6, 6.07) is 3.59. The second-order valence-electron chi connectivity index (χ2n) is 3.83. The van der Waals surface area contributed by atoms with E-state index in [0.29, 0.717) is 5.16 Å². The first-order chi connectivity index (χ1) is 8.17. The number of aromatic nitrogens is 3. The molecule has 90 valence electrons. The van der Waals surface area contributed by atoms with Gasteiger partial charge in [0.05, 0.1) is 0 Å². The number of thioether (sulfide) groups is 1. The van der Waals surface area contributed by atoms with Gasteiger partial charge < -0.3 is 9.55 Å². The Morgan fingerprint density at radius 1 is 1.53 bits per heavy atom. The Labute approximate surface area is 104 Å². The molecule has 2 heterocycles. The Morgan fingerprint density at radius 2 is 2.35 bits per heavy atom. The summed E-state index contributed by atoms with van der Waals surface area (Å²) in [5.41, 5.74) is 1.90. The first kappa shape index (κ1) is 12.0. The van der Waals surface area contributed by atoms with Crippen molar-refractivity contribution in [1.29, 1.82) is 0 Å². The molecule has 1 N–H and O–H groups in total. The quantitative estimate of drug-likeness (QED) is 0.667. The second kappa shape index (κ2) is 5.23. The minimum absolute atomic E-state index is 0.0915. The molecule has 0 fully saturated rings. The number of nitrogens with one attached hydrogen (secondary N) is 1. The van der Waals surface area contributed by atoms with Gasteiger partial charge in [0.25, 0.3) is 5.56 Å². The maximum absolute atomic E-state index is 11.3. The molecule has 0 amide bonds. The average molecular weight is 249 g/mol. The van der Waals surface area contributed by atoms with Gasteiger partial charge in [-0.15, -0.1) is 0 Å². The number of aromatic amines is 1. The molecule has 17 heavy (non-hydrogen) atoms. The smallest absolute Gasteiger partial charge is 0.251 e. The average Bonchev–Trinajstić information content (AvgIpc) is 2.73. The summed E-state index contributed by atoms with van der Waals surface area (Å²) in [5, 5.41) is 0.680. The third kappa shape index (κ3) is 3.23. The molecule has 0 radical (unpaired) electrons. The van der Waals surface area contributed by atoms with E-state index in [1.54, 1.807) is 11.8 Å². The van der Waals surface area contributed by atoms with E-state index in [0.717, 1.165) is 18.0 Å². The van der Waals surface area contributed by atoms with Crippen LogP contribution in [-0.4, -0.2) is 14.5 Å². The fourth-order valence-corrected chi connectivity index (χ4v) is 2.40. The largest absolute Gasteiger partial charge is 0.354 e. The zero-order valence-corrected chi connectivity index (χ0v) is 10.8. The highest BCUT2D eigenvalue weighted by Crippen LogP contribution is 2.18. The molecule has 4 nitrogen and oxygen atoms in total. The number of H-pyrrole nitrogens is 1. The van der Waals surface area contributed by atoms with Crippen molar-refractivity contribution in [3.05, 3.63) is 46.1 Å². The van der Waals surface area contributed by atoms with Crippen LogP contribution < -0.4 is 5.56 Å². The topological polar surface area (TPSA) is 50.7 Å². The molecule has 2 rings (SSSR count). The van der Waals surface area contributed by atoms with E-state index in [1.807, 2.05) is 6.92 Å². The molecule has 0 aliphatic carbocycles. The number of aryl methyl sites for hydroxylation is 2. The Bertz CT molecular complexity index is 559. The summed E-state index contributed by atoms with van der Waals surface area (Å²) in [7, 11) is 0. The van der Waals surface area contributed by atoms with Crippen LogP contribution in [0.25, 0.3) is 0 Å². The normalized spacial score (nSPS) is 10.7. The van der Waals surface area contributed by atoms with E-state index >= 15 is 0 Å². The molecule has 0 saturated heterocycles. The lowest BCUT2D eigenvalue weighted by Crippen LogP contribution is -2.07. The Morgan fingerprint density at radius 3 is 3.00 bits per heavy atom. The lowest BCUT2D eigenvalue weighted by Gasteiger charge is -2.00. The maximum Gasteiger partial charge on any atom is 0.251 e. The van der Waals surface area contributed by atoms with E-state index in [4.69, 9.17) is 0 Å². The summed E-state index contributed by atoms with van der Waals surface area (Å²) < 4.78 is 2.13. The van der Waals surface area contributed by atoms with Crippen molar-refractivity contribution >= 4 is 11.8 Å². The van der Waals surface area contributed by atoms with Crippen molar-refractivity contribution < 1.29 is 0 Å². The lowest BCUT2D eigenvalue weighted by molar-refractivity contribution is 0.767. The van der Waals surface area contributed by atoms with Crippen molar-refractivity contribution in [1.82, 2.24) is 14.5 Å². The van der Waals surface area contributed by atoms with Crippen molar-refractivity contribution in [2.45, 2.75) is 31.3 Å². The molecular formula is C12H15N3OS. The van der Waals surface area contributed by atoms with Gasteiger partial charge >= 0.3 is 0 Å². The molecule has 2 aromatic heterocycles. The van der Waals surface area contributed by atoms with Gasteiger partial charge in [0.15, 0.2) is 5.16 Å². The predicted molar refractivity (Wildman–Crippen MR) is 69.3 cm³/mol. The Hall–Kier alpha value is -1.49. The molecule has 0 aromatic carbocycles. The van der Waals surface area contributed by atoms with Gasteiger partial charge in [0.2, 0.25) is 0 Å². The monoisotopic (exact) mass is 249 g/mol. The van der Waals surface area contributed by atoms with Crippen LogP contribution in [0.1, 0.15) is 18.2 Å². The Balaban J connectivity index is 2.04. The Kier molecular flexibility index (Phi) is 3.68. The van der Waals surface area contributed by atoms with E-state index in [2.05, 4.69) is 39.9 Å². The van der Waals surface area contributed by atoms with Gasteiger partial charge in [-0.1, -0.05) is 11.8 Å². The first-order valence-corrected chi connectivity index (χ1v) is 6.51. The minimum atomic E-state index is -0.0915. The third-order valence-corrected chi connectivity index (χ3v) is 3.34. The summed E-state index contributed by atoms with van der Waals surface area (Å²) >= 11 is 1.55. The van der Waals surface area contributed by atoms with Crippen molar-refractivity contribution in [2.24, 2.45) is 0 Å². The first-order valence-electron chi connectivity index (χ1n) is 5.53. The fourth-order valence-electron chi connectivity index (χ4n) is 1.54. The molecule has 5 heteroatoms. The van der Waals surface area contributed by atoms with Gasteiger partial charge in [-0.2, -0.15) is 0 Å². The standard InChI is InChI=1S/C12H15N3OS/c1-3-15-5-4-10(7-15)8-17-12-13-9(2)6-11(16)14-12/h4-7H,3,8H2,1-2H3,(H,13,14,16). The van der Waals surface area contributed by atoms with Crippen LogP contribution in [-0.2, 0) is 12.3 Å². The minimum Gasteiger partial charge on any atom is -0.354 e. The zero-order valence-electron chi connectivity index (χ0n) is 9.93. The highest BCUT2D eigenvalue weighted by molar-refractivity contribution is 7.98. The number of rotatable bonds is 4. The number of nitrogens with zero attached hydrogens (tertiary/aromatic N) is 2. The van der Waals surface area contributed by atoms with E-state index in [1.165, 1.54) is 11.6 Å². The van der Waals surface area contributed by atoms with Crippen molar-refractivity contribution in [2.75, 3.05) is 0 Å². The molecule has 0 aliphatic rings. The fraction of sp³-hybridized carbons (Fsp3) is 0.333. The molecule has 2 aromatic rings. The van der Waals surface area contributed by atoms with Gasteiger partial charge in [-0.25, -0.2) is 4.98 Å². The van der Waals surface area contributed by atoms with E-state index < -0.39 is 0 Å². The van der Waals surface area contributed by atoms with Crippen molar-refractivity contribution in [3.8, 4) is 0 Å². The predicted octanol–water partition coefficient (Wildman–Crippen LogP) is 2.19. The molecule has 0 aliphatic heterocycles. The maximum atomic E-state index is 11.3. The lowest BCUT2D eigenvalue weighted by atomic mass is 10.4. The zero-order chi connectivity index (χ0) is 12.3.